The summed E-state index contributed by atoms with van der Waals surface area (Å²) in [6, 6.07) is 0. The quantitative estimate of drug-likeness (QED) is 0.628. The zero-order valence-electron chi connectivity index (χ0n) is 8.12. The van der Waals surface area contributed by atoms with Crippen LogP contribution in [0.5, 0.6) is 0 Å². The lowest BCUT2D eigenvalue weighted by molar-refractivity contribution is -0.120. The van der Waals surface area contributed by atoms with Crippen LogP contribution in [0.15, 0.2) is 0 Å². The number of carbonyl (C=O) groups excluding carboxylic acids is 1. The van der Waals surface area contributed by atoms with E-state index in [0.29, 0.717) is 12.5 Å². The van der Waals surface area contributed by atoms with Crippen molar-refractivity contribution in [2.24, 2.45) is 5.92 Å². The van der Waals surface area contributed by atoms with Gasteiger partial charge in [-0.1, -0.05) is 13.8 Å². The standard InChI is InChI=1S/C7H16N2O3S/c1-6(2)4-8-7(10)5-9-13(3,11)12/h6,9H,4-5H2,1-3H3,(H,8,10). The van der Waals surface area contributed by atoms with Crippen LogP contribution in [-0.4, -0.2) is 33.7 Å². The Hall–Kier alpha value is -0.620. The van der Waals surface area contributed by atoms with Gasteiger partial charge in [0.25, 0.3) is 0 Å². The molecule has 0 aromatic heterocycles. The Morgan fingerprint density at radius 3 is 2.31 bits per heavy atom. The van der Waals surface area contributed by atoms with E-state index in [1.807, 2.05) is 13.8 Å². The molecule has 13 heavy (non-hydrogen) atoms. The Morgan fingerprint density at radius 1 is 1.38 bits per heavy atom. The molecule has 0 aromatic rings. The van der Waals surface area contributed by atoms with Gasteiger partial charge in [-0.25, -0.2) is 13.1 Å². The van der Waals surface area contributed by atoms with Gasteiger partial charge in [0.1, 0.15) is 0 Å². The highest BCUT2D eigenvalue weighted by molar-refractivity contribution is 7.88. The van der Waals surface area contributed by atoms with Crippen molar-refractivity contribution >= 4 is 15.9 Å². The monoisotopic (exact) mass is 208 g/mol. The molecule has 0 aliphatic carbocycles. The summed E-state index contributed by atoms with van der Waals surface area (Å²) in [4.78, 5) is 11.0. The van der Waals surface area contributed by atoms with Crippen LogP contribution in [0.3, 0.4) is 0 Å². The smallest absolute Gasteiger partial charge is 0.235 e. The first-order valence-electron chi connectivity index (χ1n) is 4.02. The summed E-state index contributed by atoms with van der Waals surface area (Å²) < 4.78 is 23.3. The number of nitrogens with one attached hydrogen (secondary N) is 2. The minimum Gasteiger partial charge on any atom is -0.355 e. The van der Waals surface area contributed by atoms with Crippen molar-refractivity contribution in [1.29, 1.82) is 0 Å². The normalized spacial score (nSPS) is 11.7. The molecular weight excluding hydrogens is 192 g/mol. The second kappa shape index (κ2) is 5.18. The van der Waals surface area contributed by atoms with Crippen LogP contribution in [0.25, 0.3) is 0 Å². The molecule has 0 heterocycles. The van der Waals surface area contributed by atoms with E-state index in [0.717, 1.165) is 6.26 Å². The van der Waals surface area contributed by atoms with Gasteiger partial charge >= 0.3 is 0 Å². The largest absolute Gasteiger partial charge is 0.355 e. The van der Waals surface area contributed by atoms with E-state index in [2.05, 4.69) is 10.0 Å². The van der Waals surface area contributed by atoms with E-state index in [1.165, 1.54) is 0 Å². The lowest BCUT2D eigenvalue weighted by Crippen LogP contribution is -2.37. The van der Waals surface area contributed by atoms with Crippen molar-refractivity contribution in [3.05, 3.63) is 0 Å². The van der Waals surface area contributed by atoms with Gasteiger partial charge in [-0.2, -0.15) is 0 Å². The fourth-order valence-electron chi connectivity index (χ4n) is 0.577. The number of carbonyl (C=O) groups is 1. The molecule has 1 amide bonds. The van der Waals surface area contributed by atoms with Gasteiger partial charge in [0.05, 0.1) is 12.8 Å². The molecule has 5 nitrogen and oxygen atoms in total. The molecule has 0 saturated heterocycles. The fourth-order valence-corrected chi connectivity index (χ4v) is 0.970. The van der Waals surface area contributed by atoms with Crippen LogP contribution in [0.4, 0.5) is 0 Å². The number of sulfonamides is 1. The highest BCUT2D eigenvalue weighted by atomic mass is 32.2. The summed E-state index contributed by atoms with van der Waals surface area (Å²) in [6.45, 7) is 4.30. The molecule has 2 N–H and O–H groups in total. The fraction of sp³-hybridized carbons (Fsp3) is 0.857. The van der Waals surface area contributed by atoms with Gasteiger partial charge < -0.3 is 5.32 Å². The summed E-state index contributed by atoms with van der Waals surface area (Å²) in [5.41, 5.74) is 0. The maximum atomic E-state index is 11.0. The second-order valence-electron chi connectivity index (χ2n) is 3.29. The second-order valence-corrected chi connectivity index (χ2v) is 5.12. The van der Waals surface area contributed by atoms with Crippen molar-refractivity contribution in [2.45, 2.75) is 13.8 Å². The first-order chi connectivity index (χ1) is 5.81. The van der Waals surface area contributed by atoms with E-state index < -0.39 is 10.0 Å². The number of rotatable bonds is 5. The molecule has 0 rings (SSSR count). The van der Waals surface area contributed by atoms with Crippen LogP contribution in [-0.2, 0) is 14.8 Å². The average Bonchev–Trinajstić information content (AvgIpc) is 1.95. The third-order valence-corrected chi connectivity index (χ3v) is 1.87. The molecule has 0 bridgehead atoms. The van der Waals surface area contributed by atoms with Gasteiger partial charge in [0, 0.05) is 6.54 Å². The molecular formula is C7H16N2O3S. The molecule has 0 aromatic carbocycles. The molecule has 0 atom stereocenters. The molecule has 0 saturated carbocycles. The summed E-state index contributed by atoms with van der Waals surface area (Å²) in [5.74, 6) is 0.0568. The van der Waals surface area contributed by atoms with Gasteiger partial charge in [0.15, 0.2) is 0 Å². The first-order valence-corrected chi connectivity index (χ1v) is 5.91. The Labute approximate surface area is 79.0 Å². The number of hydrogen-bond donors (Lipinski definition) is 2. The van der Waals surface area contributed by atoms with E-state index in [-0.39, 0.29) is 12.5 Å². The summed E-state index contributed by atoms with van der Waals surface area (Å²) in [6.07, 6.45) is 1.02. The van der Waals surface area contributed by atoms with Crippen LogP contribution in [0.2, 0.25) is 0 Å². The predicted octanol–water partition coefficient (Wildman–Crippen LogP) is -0.692. The van der Waals surface area contributed by atoms with Crippen LogP contribution in [0, 0.1) is 5.92 Å². The van der Waals surface area contributed by atoms with Crippen molar-refractivity contribution < 1.29 is 13.2 Å². The average molecular weight is 208 g/mol. The Morgan fingerprint density at radius 2 is 1.92 bits per heavy atom. The minimum atomic E-state index is -3.27. The van der Waals surface area contributed by atoms with Crippen molar-refractivity contribution in [3.63, 3.8) is 0 Å². The minimum absolute atomic E-state index is 0.189. The van der Waals surface area contributed by atoms with E-state index in [1.54, 1.807) is 0 Å². The predicted molar refractivity (Wildman–Crippen MR) is 50.7 cm³/mol. The Balaban J connectivity index is 3.65. The van der Waals surface area contributed by atoms with Gasteiger partial charge in [0.2, 0.25) is 15.9 Å². The molecule has 0 unspecified atom stereocenters. The molecule has 6 heteroatoms. The SMILES string of the molecule is CC(C)CNC(=O)CNS(C)(=O)=O. The summed E-state index contributed by atoms with van der Waals surface area (Å²) >= 11 is 0. The number of amides is 1. The van der Waals surface area contributed by atoms with Crippen molar-refractivity contribution in [3.8, 4) is 0 Å². The van der Waals surface area contributed by atoms with E-state index in [9.17, 15) is 13.2 Å². The van der Waals surface area contributed by atoms with Gasteiger partial charge in [-0.05, 0) is 5.92 Å². The maximum absolute atomic E-state index is 11.0. The first kappa shape index (κ1) is 12.4. The Bertz CT molecular complexity index is 259. The Kier molecular flexibility index (Phi) is 4.94. The lowest BCUT2D eigenvalue weighted by Gasteiger charge is -2.07. The lowest BCUT2D eigenvalue weighted by atomic mass is 10.2. The van der Waals surface area contributed by atoms with Crippen LogP contribution in [0.1, 0.15) is 13.8 Å². The van der Waals surface area contributed by atoms with E-state index in [4.69, 9.17) is 0 Å². The third kappa shape index (κ3) is 9.29. The van der Waals surface area contributed by atoms with Crippen molar-refractivity contribution in [1.82, 2.24) is 10.0 Å². The topological polar surface area (TPSA) is 75.3 Å². The number of hydrogen-bond acceptors (Lipinski definition) is 3. The van der Waals surface area contributed by atoms with Crippen molar-refractivity contribution in [2.75, 3.05) is 19.3 Å². The molecule has 0 spiro atoms. The summed E-state index contributed by atoms with van der Waals surface area (Å²) in [5, 5.41) is 2.59. The molecule has 0 aliphatic heterocycles. The van der Waals surface area contributed by atoms with Crippen LogP contribution >= 0.6 is 0 Å². The highest BCUT2D eigenvalue weighted by Gasteiger charge is 2.05. The van der Waals surface area contributed by atoms with Crippen LogP contribution < -0.4 is 10.0 Å². The molecule has 0 fully saturated rings. The van der Waals surface area contributed by atoms with E-state index >= 15 is 0 Å². The zero-order valence-corrected chi connectivity index (χ0v) is 8.94. The molecule has 78 valence electrons. The molecule has 0 aliphatic rings. The molecule has 0 radical (unpaired) electrons. The zero-order chi connectivity index (χ0) is 10.5. The third-order valence-electron chi connectivity index (χ3n) is 1.20. The highest BCUT2D eigenvalue weighted by Crippen LogP contribution is 1.86. The van der Waals surface area contributed by atoms with Gasteiger partial charge in [-0.15, -0.1) is 0 Å². The maximum Gasteiger partial charge on any atom is 0.235 e. The summed E-state index contributed by atoms with van der Waals surface area (Å²) in [7, 11) is -3.27. The van der Waals surface area contributed by atoms with Gasteiger partial charge in [-0.3, -0.25) is 4.79 Å².